The molecular weight excluding hydrogens is 440 g/mol. The molecule has 7 nitrogen and oxygen atoms in total. The van der Waals surface area contributed by atoms with Gasteiger partial charge in [0.15, 0.2) is 5.82 Å². The highest BCUT2D eigenvalue weighted by atomic mass is 16.5. The fourth-order valence-electron chi connectivity index (χ4n) is 4.60. The van der Waals surface area contributed by atoms with E-state index in [1.807, 2.05) is 85.8 Å². The van der Waals surface area contributed by atoms with E-state index in [9.17, 15) is 9.90 Å². The van der Waals surface area contributed by atoms with Crippen molar-refractivity contribution in [2.45, 2.75) is 31.9 Å². The van der Waals surface area contributed by atoms with Crippen molar-refractivity contribution in [1.82, 2.24) is 20.1 Å². The van der Waals surface area contributed by atoms with Crippen molar-refractivity contribution in [2.24, 2.45) is 0 Å². The molecule has 178 valence electrons. The third-order valence-corrected chi connectivity index (χ3v) is 6.34. The van der Waals surface area contributed by atoms with Gasteiger partial charge in [0.05, 0.1) is 19.1 Å². The predicted octanol–water partition coefficient (Wildman–Crippen LogP) is 3.94. The maximum atomic E-state index is 13.0. The number of hydrogen-bond donors (Lipinski definition) is 2. The van der Waals surface area contributed by atoms with Crippen molar-refractivity contribution < 1.29 is 14.6 Å². The molecule has 0 saturated heterocycles. The van der Waals surface area contributed by atoms with Gasteiger partial charge in [-0.05, 0) is 35.7 Å². The van der Waals surface area contributed by atoms with Crippen LogP contribution in [0.25, 0.3) is 0 Å². The lowest BCUT2D eigenvalue weighted by molar-refractivity contribution is -0.131. The minimum absolute atomic E-state index is 0.0575. The third kappa shape index (κ3) is 5.10. The van der Waals surface area contributed by atoms with E-state index in [2.05, 4.69) is 15.2 Å². The van der Waals surface area contributed by atoms with E-state index in [0.717, 1.165) is 28.0 Å². The molecular formula is C28H28N4O3. The highest BCUT2D eigenvalue weighted by Gasteiger charge is 2.27. The van der Waals surface area contributed by atoms with Crippen molar-refractivity contribution >= 4 is 5.91 Å². The maximum Gasteiger partial charge on any atom is 0.230 e. The number of ether oxygens (including phenoxy) is 1. The summed E-state index contributed by atoms with van der Waals surface area (Å²) in [7, 11) is 0. The number of aliphatic hydroxyl groups excluding tert-OH is 1. The first-order valence-electron chi connectivity index (χ1n) is 11.8. The monoisotopic (exact) mass is 468 g/mol. The van der Waals surface area contributed by atoms with E-state index in [0.29, 0.717) is 31.3 Å². The topological polar surface area (TPSA) is 91.3 Å². The molecule has 0 aliphatic carbocycles. The molecule has 7 heteroatoms. The number of aromatic amines is 1. The quantitative estimate of drug-likeness (QED) is 0.447. The molecule has 2 heterocycles. The Morgan fingerprint density at radius 1 is 1.03 bits per heavy atom. The Hall–Kier alpha value is -3.97. The molecule has 1 aromatic heterocycles. The van der Waals surface area contributed by atoms with Crippen LogP contribution in [-0.4, -0.2) is 44.2 Å². The number of amides is 1. The summed E-state index contributed by atoms with van der Waals surface area (Å²) in [5.74, 6) is 1.62. The van der Waals surface area contributed by atoms with Crippen molar-refractivity contribution in [1.29, 1.82) is 0 Å². The molecule has 0 bridgehead atoms. The summed E-state index contributed by atoms with van der Waals surface area (Å²) in [6.07, 6.45) is -0.639. The van der Waals surface area contributed by atoms with Crippen LogP contribution in [0.1, 0.15) is 45.9 Å². The number of fused-ring (bicyclic) bond motifs is 1. The van der Waals surface area contributed by atoms with Crippen LogP contribution in [0.5, 0.6) is 5.75 Å². The average Bonchev–Trinajstić information content (AvgIpc) is 3.17. The Labute approximate surface area is 204 Å². The van der Waals surface area contributed by atoms with Crippen LogP contribution in [0, 0.1) is 6.92 Å². The van der Waals surface area contributed by atoms with Gasteiger partial charge >= 0.3 is 0 Å². The fourth-order valence-corrected chi connectivity index (χ4v) is 4.60. The van der Waals surface area contributed by atoms with Crippen LogP contribution in [0.15, 0.2) is 78.9 Å². The van der Waals surface area contributed by atoms with Gasteiger partial charge in [-0.3, -0.25) is 9.89 Å². The Morgan fingerprint density at radius 3 is 2.34 bits per heavy atom. The lowest BCUT2D eigenvalue weighted by Crippen LogP contribution is -2.33. The Balaban J connectivity index is 1.42. The van der Waals surface area contributed by atoms with Gasteiger partial charge in [0.1, 0.15) is 18.2 Å². The summed E-state index contributed by atoms with van der Waals surface area (Å²) in [6.45, 7) is 3.09. The summed E-state index contributed by atoms with van der Waals surface area (Å²) in [6, 6.07) is 25.8. The zero-order valence-corrected chi connectivity index (χ0v) is 19.6. The van der Waals surface area contributed by atoms with Crippen molar-refractivity contribution in [3.05, 3.63) is 113 Å². The lowest BCUT2D eigenvalue weighted by Gasteiger charge is -2.25. The molecule has 4 aromatic rings. The van der Waals surface area contributed by atoms with Crippen LogP contribution < -0.4 is 4.74 Å². The van der Waals surface area contributed by atoms with Crippen LogP contribution in [0.3, 0.4) is 0 Å². The van der Waals surface area contributed by atoms with Gasteiger partial charge in [-0.1, -0.05) is 66.7 Å². The number of carbonyl (C=O) groups is 1. The number of aliphatic hydroxyl groups is 1. The molecule has 1 atom stereocenters. The zero-order chi connectivity index (χ0) is 24.2. The highest BCUT2D eigenvalue weighted by molar-refractivity contribution is 5.78. The molecule has 0 fully saturated rings. The Kier molecular flexibility index (Phi) is 6.59. The summed E-state index contributed by atoms with van der Waals surface area (Å²) in [5.41, 5.74) is 3.73. The highest BCUT2D eigenvalue weighted by Crippen LogP contribution is 2.38. The number of H-pyrrole nitrogens is 1. The molecule has 5 rings (SSSR count). The number of benzene rings is 3. The second-order valence-corrected chi connectivity index (χ2v) is 8.79. The number of rotatable bonds is 6. The average molecular weight is 469 g/mol. The van der Waals surface area contributed by atoms with Crippen LogP contribution in [0.2, 0.25) is 0 Å². The number of aryl methyl sites for hydroxylation is 1. The van der Waals surface area contributed by atoms with Crippen molar-refractivity contribution in [3.63, 3.8) is 0 Å². The maximum absolute atomic E-state index is 13.0. The van der Waals surface area contributed by atoms with E-state index >= 15 is 0 Å². The normalized spacial score (nSPS) is 14.2. The molecule has 1 amide bonds. The van der Waals surface area contributed by atoms with Crippen molar-refractivity contribution in [2.75, 3.05) is 13.2 Å². The van der Waals surface area contributed by atoms with Gasteiger partial charge in [-0.25, -0.2) is 4.98 Å². The number of aromatic nitrogens is 3. The number of carbonyl (C=O) groups excluding carboxylic acids is 1. The zero-order valence-electron chi connectivity index (χ0n) is 19.6. The molecule has 3 aromatic carbocycles. The first kappa shape index (κ1) is 22.8. The van der Waals surface area contributed by atoms with Gasteiger partial charge in [0, 0.05) is 18.0 Å². The van der Waals surface area contributed by atoms with Crippen molar-refractivity contribution in [3.8, 4) is 5.75 Å². The first-order chi connectivity index (χ1) is 17.1. The molecule has 0 radical (unpaired) electrons. The lowest BCUT2D eigenvalue weighted by atomic mass is 9.83. The first-order valence-corrected chi connectivity index (χ1v) is 11.8. The van der Waals surface area contributed by atoms with Gasteiger partial charge in [0.25, 0.3) is 0 Å². The molecule has 1 aliphatic heterocycles. The fraction of sp³-hybridized carbons (Fsp3) is 0.250. The van der Waals surface area contributed by atoms with Gasteiger partial charge in [0.2, 0.25) is 5.91 Å². The minimum Gasteiger partial charge on any atom is -0.491 e. The van der Waals surface area contributed by atoms with Crippen LogP contribution in [-0.2, 0) is 17.8 Å². The van der Waals surface area contributed by atoms with E-state index in [1.54, 1.807) is 4.90 Å². The smallest absolute Gasteiger partial charge is 0.230 e. The summed E-state index contributed by atoms with van der Waals surface area (Å²) in [4.78, 5) is 19.0. The number of nitrogens with one attached hydrogen (secondary N) is 1. The SMILES string of the molecule is Cc1nc(CC(=O)N2CCOc3ccc([C@@H](O)C(c4ccccc4)c4ccccc4)cc3C2)n[nH]1. The number of nitrogens with zero attached hydrogens (tertiary/aromatic N) is 3. The molecule has 0 unspecified atom stereocenters. The molecule has 0 saturated carbocycles. The summed E-state index contributed by atoms with van der Waals surface area (Å²) in [5, 5.41) is 18.5. The molecule has 1 aliphatic rings. The standard InChI is InChI=1S/C28H28N4O3/c1-19-29-25(31-30-19)17-26(33)32-14-15-35-24-13-12-22(16-23(24)18-32)28(34)27(20-8-4-2-5-9-20)21-10-6-3-7-11-21/h2-13,16,27-28,34H,14-15,17-18H2,1H3,(H,29,30,31)/t28-/m1/s1. The molecule has 0 spiro atoms. The van der Waals surface area contributed by atoms with E-state index in [1.165, 1.54) is 0 Å². The predicted molar refractivity (Wildman–Crippen MR) is 132 cm³/mol. The van der Waals surface area contributed by atoms with E-state index < -0.39 is 6.10 Å². The minimum atomic E-state index is -0.770. The van der Waals surface area contributed by atoms with Gasteiger partial charge in [-0.15, -0.1) is 0 Å². The van der Waals surface area contributed by atoms with Gasteiger partial charge < -0.3 is 14.7 Å². The Morgan fingerprint density at radius 2 is 1.71 bits per heavy atom. The molecule has 35 heavy (non-hydrogen) atoms. The van der Waals surface area contributed by atoms with E-state index in [4.69, 9.17) is 4.74 Å². The van der Waals surface area contributed by atoms with Crippen LogP contribution in [0.4, 0.5) is 0 Å². The van der Waals surface area contributed by atoms with E-state index in [-0.39, 0.29) is 18.2 Å². The van der Waals surface area contributed by atoms with Gasteiger partial charge in [-0.2, -0.15) is 5.10 Å². The third-order valence-electron chi connectivity index (χ3n) is 6.34. The summed E-state index contributed by atoms with van der Waals surface area (Å²) < 4.78 is 5.93. The Bertz CT molecular complexity index is 1250. The molecule has 2 N–H and O–H groups in total. The second-order valence-electron chi connectivity index (χ2n) is 8.79. The summed E-state index contributed by atoms with van der Waals surface area (Å²) >= 11 is 0. The largest absolute Gasteiger partial charge is 0.491 e. The second kappa shape index (κ2) is 10.1. The van der Waals surface area contributed by atoms with Crippen LogP contribution >= 0.6 is 0 Å². The number of hydrogen-bond acceptors (Lipinski definition) is 5.